The lowest BCUT2D eigenvalue weighted by molar-refractivity contribution is 0.293. The molecular weight excluding hydrogens is 232 g/mol. The Morgan fingerprint density at radius 3 is 2.41 bits per heavy atom. The van der Waals surface area contributed by atoms with Crippen LogP contribution in [0.4, 0.5) is 0 Å². The van der Waals surface area contributed by atoms with Crippen LogP contribution >= 0.6 is 11.6 Å². The molecule has 0 bridgehead atoms. The van der Waals surface area contributed by atoms with E-state index in [2.05, 4.69) is 36.6 Å². The van der Waals surface area contributed by atoms with Gasteiger partial charge >= 0.3 is 0 Å². The minimum Gasteiger partial charge on any atom is -0.311 e. The van der Waals surface area contributed by atoms with Gasteiger partial charge in [0.1, 0.15) is 0 Å². The topological polar surface area (TPSA) is 24.1 Å². The van der Waals surface area contributed by atoms with E-state index in [1.807, 2.05) is 12.1 Å². The highest BCUT2D eigenvalue weighted by Crippen LogP contribution is 2.12. The normalized spacial score (nSPS) is 25.2. The third-order valence-corrected chi connectivity index (χ3v) is 3.70. The Hall–Kier alpha value is -0.570. The van der Waals surface area contributed by atoms with Gasteiger partial charge < -0.3 is 10.6 Å². The molecule has 2 N–H and O–H groups in total. The SMILES string of the molecule is CC(C)[C@H]1CN[C@@H](Cc2ccc(Cl)cc2)CN1. The van der Waals surface area contributed by atoms with Crippen molar-refractivity contribution in [2.75, 3.05) is 13.1 Å². The Morgan fingerprint density at radius 2 is 1.88 bits per heavy atom. The molecule has 0 radical (unpaired) electrons. The fraction of sp³-hybridized carbons (Fsp3) is 0.571. The van der Waals surface area contributed by atoms with Crippen molar-refractivity contribution >= 4 is 11.6 Å². The molecule has 94 valence electrons. The molecule has 2 rings (SSSR count). The molecule has 0 spiro atoms. The Bertz CT molecular complexity index is 340. The molecular formula is C14H21ClN2. The van der Waals surface area contributed by atoms with Crippen molar-refractivity contribution in [1.82, 2.24) is 10.6 Å². The van der Waals surface area contributed by atoms with Gasteiger partial charge in [0.2, 0.25) is 0 Å². The molecule has 1 aromatic rings. The number of piperazine rings is 1. The third kappa shape index (κ3) is 3.70. The minimum absolute atomic E-state index is 0.533. The summed E-state index contributed by atoms with van der Waals surface area (Å²) in [5.41, 5.74) is 1.34. The molecule has 1 aliphatic rings. The van der Waals surface area contributed by atoms with Crippen LogP contribution in [0.15, 0.2) is 24.3 Å². The Labute approximate surface area is 109 Å². The Balaban J connectivity index is 1.84. The van der Waals surface area contributed by atoms with Crippen molar-refractivity contribution in [3.8, 4) is 0 Å². The highest BCUT2D eigenvalue weighted by Gasteiger charge is 2.21. The summed E-state index contributed by atoms with van der Waals surface area (Å²) in [6.07, 6.45) is 1.06. The van der Waals surface area contributed by atoms with Gasteiger partial charge in [0.05, 0.1) is 0 Å². The third-order valence-electron chi connectivity index (χ3n) is 3.45. The van der Waals surface area contributed by atoms with E-state index in [9.17, 15) is 0 Å². The molecule has 0 aromatic heterocycles. The van der Waals surface area contributed by atoms with Gasteiger partial charge in [0.15, 0.2) is 0 Å². The lowest BCUT2D eigenvalue weighted by atomic mass is 9.98. The van der Waals surface area contributed by atoms with Crippen molar-refractivity contribution in [2.24, 2.45) is 5.92 Å². The molecule has 0 amide bonds. The van der Waals surface area contributed by atoms with Gasteiger partial charge in [-0.05, 0) is 30.0 Å². The average Bonchev–Trinajstić information content (AvgIpc) is 2.33. The Morgan fingerprint density at radius 1 is 1.18 bits per heavy atom. The maximum absolute atomic E-state index is 5.88. The summed E-state index contributed by atoms with van der Waals surface area (Å²) in [5.74, 6) is 0.694. The summed E-state index contributed by atoms with van der Waals surface area (Å²) >= 11 is 5.88. The van der Waals surface area contributed by atoms with Crippen LogP contribution < -0.4 is 10.6 Å². The molecule has 1 aromatic carbocycles. The lowest BCUT2D eigenvalue weighted by Gasteiger charge is -2.33. The van der Waals surface area contributed by atoms with Gasteiger partial charge in [-0.15, -0.1) is 0 Å². The first-order valence-corrected chi connectivity index (χ1v) is 6.74. The first-order chi connectivity index (χ1) is 8.15. The van der Waals surface area contributed by atoms with E-state index in [0.29, 0.717) is 18.0 Å². The molecule has 17 heavy (non-hydrogen) atoms. The van der Waals surface area contributed by atoms with E-state index in [1.165, 1.54) is 5.56 Å². The molecule has 3 heteroatoms. The van der Waals surface area contributed by atoms with Crippen LogP contribution in [0.25, 0.3) is 0 Å². The van der Waals surface area contributed by atoms with E-state index in [0.717, 1.165) is 24.5 Å². The first-order valence-electron chi connectivity index (χ1n) is 6.36. The molecule has 1 fully saturated rings. The second-order valence-corrected chi connectivity index (χ2v) is 5.63. The number of halogens is 1. The summed E-state index contributed by atoms with van der Waals surface area (Å²) in [4.78, 5) is 0. The van der Waals surface area contributed by atoms with Crippen LogP contribution in [-0.2, 0) is 6.42 Å². The summed E-state index contributed by atoms with van der Waals surface area (Å²) in [6, 6.07) is 9.29. The van der Waals surface area contributed by atoms with Crippen LogP contribution in [0.1, 0.15) is 19.4 Å². The highest BCUT2D eigenvalue weighted by molar-refractivity contribution is 6.30. The molecule has 0 aliphatic carbocycles. The largest absolute Gasteiger partial charge is 0.311 e. The molecule has 1 heterocycles. The number of rotatable bonds is 3. The number of nitrogens with one attached hydrogen (secondary N) is 2. The van der Waals surface area contributed by atoms with Crippen molar-refractivity contribution in [2.45, 2.75) is 32.4 Å². The number of hydrogen-bond donors (Lipinski definition) is 2. The maximum Gasteiger partial charge on any atom is 0.0406 e. The Kier molecular flexibility index (Phi) is 4.43. The zero-order chi connectivity index (χ0) is 12.3. The molecule has 2 atom stereocenters. The summed E-state index contributed by atoms with van der Waals surface area (Å²) in [7, 11) is 0. The van der Waals surface area contributed by atoms with Crippen LogP contribution in [0.2, 0.25) is 5.02 Å². The van der Waals surface area contributed by atoms with Crippen molar-refractivity contribution in [1.29, 1.82) is 0 Å². The van der Waals surface area contributed by atoms with Gasteiger partial charge in [-0.3, -0.25) is 0 Å². The van der Waals surface area contributed by atoms with E-state index >= 15 is 0 Å². The smallest absolute Gasteiger partial charge is 0.0406 e. The summed E-state index contributed by atoms with van der Waals surface area (Å²) in [5, 5.41) is 8.04. The van der Waals surface area contributed by atoms with Crippen LogP contribution in [0.5, 0.6) is 0 Å². The lowest BCUT2D eigenvalue weighted by Crippen LogP contribution is -2.56. The molecule has 1 saturated heterocycles. The van der Waals surface area contributed by atoms with Gasteiger partial charge in [-0.25, -0.2) is 0 Å². The van der Waals surface area contributed by atoms with E-state index in [1.54, 1.807) is 0 Å². The maximum atomic E-state index is 5.88. The number of benzene rings is 1. The van der Waals surface area contributed by atoms with Gasteiger partial charge in [-0.2, -0.15) is 0 Å². The fourth-order valence-electron chi connectivity index (χ4n) is 2.25. The standard InChI is InChI=1S/C14H21ClN2/c1-10(2)14-9-16-13(8-17-14)7-11-3-5-12(15)6-4-11/h3-6,10,13-14,16-17H,7-9H2,1-2H3/t13-,14+/m0/s1. The monoisotopic (exact) mass is 252 g/mol. The number of hydrogen-bond acceptors (Lipinski definition) is 2. The van der Waals surface area contributed by atoms with E-state index in [-0.39, 0.29) is 0 Å². The first kappa shape index (κ1) is 12.9. The van der Waals surface area contributed by atoms with Crippen LogP contribution in [-0.4, -0.2) is 25.2 Å². The van der Waals surface area contributed by atoms with Crippen LogP contribution in [0.3, 0.4) is 0 Å². The molecule has 0 unspecified atom stereocenters. The van der Waals surface area contributed by atoms with Crippen molar-refractivity contribution in [3.05, 3.63) is 34.9 Å². The predicted octanol–water partition coefficient (Wildman–Crippen LogP) is 2.47. The van der Waals surface area contributed by atoms with Crippen molar-refractivity contribution in [3.63, 3.8) is 0 Å². The molecule has 0 saturated carbocycles. The van der Waals surface area contributed by atoms with Gasteiger partial charge in [-0.1, -0.05) is 37.6 Å². The second-order valence-electron chi connectivity index (χ2n) is 5.19. The average molecular weight is 253 g/mol. The molecule has 2 nitrogen and oxygen atoms in total. The zero-order valence-electron chi connectivity index (χ0n) is 10.5. The summed E-state index contributed by atoms with van der Waals surface area (Å²) in [6.45, 7) is 6.64. The predicted molar refractivity (Wildman–Crippen MR) is 73.6 cm³/mol. The second kappa shape index (κ2) is 5.85. The van der Waals surface area contributed by atoms with E-state index in [4.69, 9.17) is 11.6 Å². The van der Waals surface area contributed by atoms with Crippen molar-refractivity contribution < 1.29 is 0 Å². The summed E-state index contributed by atoms with van der Waals surface area (Å²) < 4.78 is 0. The highest BCUT2D eigenvalue weighted by atomic mass is 35.5. The van der Waals surface area contributed by atoms with Crippen LogP contribution in [0, 0.1) is 5.92 Å². The minimum atomic E-state index is 0.533. The quantitative estimate of drug-likeness (QED) is 0.864. The van der Waals surface area contributed by atoms with E-state index < -0.39 is 0 Å². The zero-order valence-corrected chi connectivity index (χ0v) is 11.3. The fourth-order valence-corrected chi connectivity index (χ4v) is 2.38. The van der Waals surface area contributed by atoms with Gasteiger partial charge in [0, 0.05) is 30.2 Å². The van der Waals surface area contributed by atoms with Gasteiger partial charge in [0.25, 0.3) is 0 Å². The molecule has 1 aliphatic heterocycles.